The third-order valence-corrected chi connectivity index (χ3v) is 4.68. The molecule has 0 fully saturated rings. The van der Waals surface area contributed by atoms with Gasteiger partial charge in [-0.3, -0.25) is 9.59 Å². The molecule has 24 heavy (non-hydrogen) atoms. The molecule has 6 nitrogen and oxygen atoms in total. The van der Waals surface area contributed by atoms with Crippen LogP contribution in [0.1, 0.15) is 24.8 Å². The minimum atomic E-state index is -1.73. The van der Waals surface area contributed by atoms with Gasteiger partial charge < -0.3 is 15.8 Å². The van der Waals surface area contributed by atoms with Gasteiger partial charge in [-0.25, -0.2) is 4.39 Å². The molecule has 1 unspecified atom stereocenters. The molecule has 4 rings (SSSR count). The van der Waals surface area contributed by atoms with E-state index in [1.807, 2.05) is 6.07 Å². The highest BCUT2D eigenvalue weighted by atomic mass is 19.1. The van der Waals surface area contributed by atoms with Crippen molar-refractivity contribution in [1.29, 1.82) is 5.26 Å². The summed E-state index contributed by atoms with van der Waals surface area (Å²) in [5.41, 5.74) is 4.63. The fourth-order valence-corrected chi connectivity index (χ4v) is 3.74. The van der Waals surface area contributed by atoms with E-state index in [1.54, 1.807) is 0 Å². The molecule has 1 aliphatic carbocycles. The molecule has 120 valence electrons. The predicted octanol–water partition coefficient (Wildman–Crippen LogP) is 1.75. The zero-order chi connectivity index (χ0) is 17.1. The van der Waals surface area contributed by atoms with Crippen LogP contribution in [0, 0.1) is 17.1 Å². The fraction of sp³-hybridized carbons (Fsp3) is 0.235. The monoisotopic (exact) mass is 325 g/mol. The van der Waals surface area contributed by atoms with E-state index in [1.165, 1.54) is 12.1 Å². The number of carbonyl (C=O) groups is 2. The zero-order valence-corrected chi connectivity index (χ0v) is 12.5. The number of nitriles is 1. The van der Waals surface area contributed by atoms with Gasteiger partial charge in [0.1, 0.15) is 28.6 Å². The maximum absolute atomic E-state index is 13.9. The van der Waals surface area contributed by atoms with Crippen molar-refractivity contribution in [3.05, 3.63) is 52.4 Å². The molecule has 0 saturated heterocycles. The molecule has 0 radical (unpaired) electrons. The normalized spacial score (nSPS) is 25.2. The van der Waals surface area contributed by atoms with Crippen LogP contribution in [-0.2, 0) is 19.7 Å². The summed E-state index contributed by atoms with van der Waals surface area (Å²) >= 11 is 0. The van der Waals surface area contributed by atoms with Gasteiger partial charge in [-0.15, -0.1) is 0 Å². The molecule has 2 aliphatic heterocycles. The van der Waals surface area contributed by atoms with E-state index in [0.29, 0.717) is 18.5 Å². The topological polar surface area (TPSA) is 105 Å². The molecule has 3 aliphatic rings. The number of ketones is 1. The molecule has 7 heteroatoms. The van der Waals surface area contributed by atoms with Gasteiger partial charge in [0.25, 0.3) is 0 Å². The third-order valence-electron chi connectivity index (χ3n) is 4.68. The lowest BCUT2D eigenvalue weighted by Gasteiger charge is -2.36. The number of benzene rings is 1. The number of nitrogens with zero attached hydrogens (tertiary/aromatic N) is 1. The van der Waals surface area contributed by atoms with Crippen molar-refractivity contribution in [1.82, 2.24) is 0 Å². The Morgan fingerprint density at radius 2 is 2.12 bits per heavy atom. The third kappa shape index (κ3) is 1.57. The number of nitrogens with one attached hydrogen (secondary N) is 1. The summed E-state index contributed by atoms with van der Waals surface area (Å²) in [6.45, 7) is 0. The number of hydrogen-bond donors (Lipinski definition) is 2. The summed E-state index contributed by atoms with van der Waals surface area (Å²) < 4.78 is 19.3. The van der Waals surface area contributed by atoms with Crippen molar-refractivity contribution < 1.29 is 18.7 Å². The van der Waals surface area contributed by atoms with E-state index < -0.39 is 17.1 Å². The average molecular weight is 325 g/mol. The Labute approximate surface area is 136 Å². The Balaban J connectivity index is 2.13. The van der Waals surface area contributed by atoms with Crippen LogP contribution in [0.2, 0.25) is 0 Å². The summed E-state index contributed by atoms with van der Waals surface area (Å²) in [7, 11) is 0. The largest absolute Gasteiger partial charge is 0.444 e. The first-order valence-corrected chi connectivity index (χ1v) is 7.46. The van der Waals surface area contributed by atoms with Crippen molar-refractivity contribution in [2.24, 2.45) is 5.73 Å². The van der Waals surface area contributed by atoms with Gasteiger partial charge in [0.05, 0.1) is 5.57 Å². The molecular formula is C17H12FN3O3. The highest BCUT2D eigenvalue weighted by Crippen LogP contribution is 2.53. The van der Waals surface area contributed by atoms with E-state index >= 15 is 0 Å². The fourth-order valence-electron chi connectivity index (χ4n) is 3.74. The van der Waals surface area contributed by atoms with Crippen LogP contribution in [0.3, 0.4) is 0 Å². The van der Waals surface area contributed by atoms with Gasteiger partial charge in [0.15, 0.2) is 5.78 Å². The van der Waals surface area contributed by atoms with Crippen molar-refractivity contribution in [3.63, 3.8) is 0 Å². The quantitative estimate of drug-likeness (QED) is 0.756. The van der Waals surface area contributed by atoms with Crippen molar-refractivity contribution in [3.8, 4) is 6.07 Å². The summed E-state index contributed by atoms with van der Waals surface area (Å²) in [5.74, 6) is -1.39. The number of amides is 1. The Hall–Kier alpha value is -3.14. The molecule has 2 heterocycles. The number of fused-ring (bicyclic) bond motifs is 3. The molecule has 1 aromatic rings. The lowest BCUT2D eigenvalue weighted by Crippen LogP contribution is -2.46. The first-order chi connectivity index (χ1) is 11.5. The van der Waals surface area contributed by atoms with Crippen molar-refractivity contribution in [2.45, 2.75) is 24.7 Å². The maximum atomic E-state index is 13.9. The van der Waals surface area contributed by atoms with E-state index in [-0.39, 0.29) is 40.6 Å². The lowest BCUT2D eigenvalue weighted by atomic mass is 9.65. The number of halogens is 1. The standard InChI is InChI=1S/C17H12FN3O3/c18-8-4-5-11-9(6-8)17(16(23)21-11)10(7-19)15(20)24-13-3-1-2-12(22)14(13)17/h4-6H,1-3,20H2,(H,21,23). The summed E-state index contributed by atoms with van der Waals surface area (Å²) in [6, 6.07) is 5.66. The van der Waals surface area contributed by atoms with Crippen LogP contribution < -0.4 is 11.1 Å². The number of anilines is 1. The SMILES string of the molecule is N#CC1=C(N)OC2=C(C(=O)CCC2)C12C(=O)Nc1ccc(F)cc12. The van der Waals surface area contributed by atoms with E-state index in [4.69, 9.17) is 10.5 Å². The van der Waals surface area contributed by atoms with Crippen molar-refractivity contribution in [2.75, 3.05) is 5.32 Å². The summed E-state index contributed by atoms with van der Waals surface area (Å²) in [5, 5.41) is 12.2. The number of allylic oxidation sites excluding steroid dienone is 1. The molecule has 0 bridgehead atoms. The van der Waals surface area contributed by atoms with Gasteiger partial charge in [0.2, 0.25) is 11.8 Å². The van der Waals surface area contributed by atoms with E-state index in [2.05, 4.69) is 5.32 Å². The molecule has 1 spiro atoms. The highest BCUT2D eigenvalue weighted by Gasteiger charge is 2.59. The second kappa shape index (κ2) is 4.68. The first-order valence-electron chi connectivity index (χ1n) is 7.46. The molecular weight excluding hydrogens is 313 g/mol. The minimum absolute atomic E-state index is 0.0985. The van der Waals surface area contributed by atoms with E-state index in [9.17, 15) is 19.2 Å². The lowest BCUT2D eigenvalue weighted by molar-refractivity contribution is -0.123. The molecule has 0 saturated carbocycles. The average Bonchev–Trinajstić information content (AvgIpc) is 2.81. The van der Waals surface area contributed by atoms with Gasteiger partial charge >= 0.3 is 0 Å². The number of nitrogens with two attached hydrogens (primary N) is 1. The van der Waals surface area contributed by atoms with Crippen LogP contribution in [0.5, 0.6) is 0 Å². The van der Waals surface area contributed by atoms with Crippen LogP contribution in [-0.4, -0.2) is 11.7 Å². The molecule has 0 aromatic heterocycles. The molecule has 3 N–H and O–H groups in total. The highest BCUT2D eigenvalue weighted by molar-refractivity contribution is 6.19. The number of rotatable bonds is 0. The molecule has 1 amide bonds. The van der Waals surface area contributed by atoms with E-state index in [0.717, 1.165) is 6.07 Å². The number of ether oxygens (including phenoxy) is 1. The molecule has 1 atom stereocenters. The minimum Gasteiger partial charge on any atom is -0.444 e. The van der Waals surface area contributed by atoms with Crippen LogP contribution in [0.25, 0.3) is 0 Å². The van der Waals surface area contributed by atoms with Crippen LogP contribution in [0.4, 0.5) is 10.1 Å². The van der Waals surface area contributed by atoms with Gasteiger partial charge in [-0.2, -0.15) is 5.26 Å². The second-order valence-corrected chi connectivity index (χ2v) is 5.92. The van der Waals surface area contributed by atoms with Crippen molar-refractivity contribution >= 4 is 17.4 Å². The summed E-state index contributed by atoms with van der Waals surface area (Å²) in [4.78, 5) is 25.5. The Kier molecular flexibility index (Phi) is 2.82. The Morgan fingerprint density at radius 3 is 2.88 bits per heavy atom. The number of Topliss-reactive ketones (excluding diaryl/α,β-unsaturated/α-hetero) is 1. The zero-order valence-electron chi connectivity index (χ0n) is 12.5. The predicted molar refractivity (Wildman–Crippen MR) is 80.5 cm³/mol. The van der Waals surface area contributed by atoms with Gasteiger partial charge in [-0.1, -0.05) is 0 Å². The maximum Gasteiger partial charge on any atom is 0.245 e. The van der Waals surface area contributed by atoms with Crippen LogP contribution >= 0.6 is 0 Å². The number of hydrogen-bond acceptors (Lipinski definition) is 5. The molecule has 1 aromatic carbocycles. The smallest absolute Gasteiger partial charge is 0.245 e. The second-order valence-electron chi connectivity index (χ2n) is 5.92. The summed E-state index contributed by atoms with van der Waals surface area (Å²) in [6.07, 6.45) is 1.24. The number of carbonyl (C=O) groups excluding carboxylic acids is 2. The van der Waals surface area contributed by atoms with Gasteiger partial charge in [0, 0.05) is 24.1 Å². The Morgan fingerprint density at radius 1 is 1.33 bits per heavy atom. The van der Waals surface area contributed by atoms with Crippen LogP contribution in [0.15, 0.2) is 41.0 Å². The van der Waals surface area contributed by atoms with Gasteiger partial charge in [-0.05, 0) is 24.6 Å². The first kappa shape index (κ1) is 14.5. The Bertz CT molecular complexity index is 925.